The second-order valence-electron chi connectivity index (χ2n) is 6.07. The summed E-state index contributed by atoms with van der Waals surface area (Å²) in [4.78, 5) is 10.3. The highest BCUT2D eigenvalue weighted by atomic mass is 19.1. The molecule has 0 N–H and O–H groups in total. The number of benzene rings is 1. The number of nitrogens with zero attached hydrogens (tertiary/aromatic N) is 4. The number of rotatable bonds is 3. The van der Waals surface area contributed by atoms with E-state index >= 15 is 0 Å². The minimum absolute atomic E-state index is 0.0844. The van der Waals surface area contributed by atoms with Crippen LogP contribution in [-0.4, -0.2) is 28.2 Å². The van der Waals surface area contributed by atoms with E-state index in [1.807, 2.05) is 0 Å². The molecule has 1 aromatic carbocycles. The summed E-state index contributed by atoms with van der Waals surface area (Å²) in [7, 11) is 0. The number of hydrogen-bond donors (Lipinski definition) is 0. The van der Waals surface area contributed by atoms with Crippen LogP contribution in [0.4, 0.5) is 14.5 Å². The molecule has 1 saturated heterocycles. The zero-order valence-electron chi connectivity index (χ0n) is 13.4. The summed E-state index contributed by atoms with van der Waals surface area (Å²) in [5, 5.41) is 4.04. The van der Waals surface area contributed by atoms with E-state index in [1.54, 1.807) is 12.1 Å². The van der Waals surface area contributed by atoms with Crippen LogP contribution in [0.1, 0.15) is 24.6 Å². The molecule has 1 fully saturated rings. The fraction of sp³-hybridized carbons (Fsp3) is 0.278. The molecule has 3 aromatic rings. The Labute approximate surface area is 143 Å². The molecular formula is C18H16F2N4O. The molecule has 1 aliphatic rings. The summed E-state index contributed by atoms with van der Waals surface area (Å²) in [6.07, 6.45) is 4.50. The van der Waals surface area contributed by atoms with Crippen LogP contribution in [0.25, 0.3) is 11.5 Å². The van der Waals surface area contributed by atoms with Crippen molar-refractivity contribution in [3.8, 4) is 11.5 Å². The van der Waals surface area contributed by atoms with Gasteiger partial charge in [0, 0.05) is 30.9 Å². The molecule has 0 aliphatic carbocycles. The third-order valence-corrected chi connectivity index (χ3v) is 4.42. The monoisotopic (exact) mass is 342 g/mol. The van der Waals surface area contributed by atoms with E-state index in [0.717, 1.165) is 31.3 Å². The Bertz CT molecular complexity index is 866. The number of hydrogen-bond acceptors (Lipinski definition) is 5. The molecule has 3 heterocycles. The molecule has 1 aliphatic heterocycles. The molecule has 2 aromatic heterocycles. The van der Waals surface area contributed by atoms with Crippen LogP contribution in [0.15, 0.2) is 47.2 Å². The van der Waals surface area contributed by atoms with Crippen molar-refractivity contribution in [3.05, 3.63) is 60.2 Å². The summed E-state index contributed by atoms with van der Waals surface area (Å²) in [6.45, 7) is 1.61. The number of aromatic nitrogens is 3. The Morgan fingerprint density at radius 1 is 1.12 bits per heavy atom. The first kappa shape index (κ1) is 15.7. The Balaban J connectivity index is 1.54. The molecule has 0 radical (unpaired) electrons. The molecule has 0 bridgehead atoms. The third kappa shape index (κ3) is 3.22. The second kappa shape index (κ2) is 6.58. The number of pyridine rings is 1. The van der Waals surface area contributed by atoms with E-state index in [2.05, 4.69) is 20.0 Å². The summed E-state index contributed by atoms with van der Waals surface area (Å²) in [5.74, 6) is 0.0711. The van der Waals surface area contributed by atoms with E-state index in [4.69, 9.17) is 4.52 Å². The first-order chi connectivity index (χ1) is 12.2. The largest absolute Gasteiger partial charge is 0.371 e. The summed E-state index contributed by atoms with van der Waals surface area (Å²) in [5.41, 5.74) is 1.22. The maximum atomic E-state index is 13.8. The fourth-order valence-corrected chi connectivity index (χ4v) is 3.13. The smallest absolute Gasteiger partial charge is 0.261 e. The van der Waals surface area contributed by atoms with E-state index in [0.29, 0.717) is 12.4 Å². The van der Waals surface area contributed by atoms with Crippen LogP contribution in [-0.2, 0) is 0 Å². The molecule has 1 atom stereocenters. The van der Waals surface area contributed by atoms with Gasteiger partial charge >= 0.3 is 0 Å². The van der Waals surface area contributed by atoms with Gasteiger partial charge in [-0.05, 0) is 43.2 Å². The third-order valence-electron chi connectivity index (χ3n) is 4.42. The molecule has 7 heteroatoms. The van der Waals surface area contributed by atoms with Gasteiger partial charge in [-0.15, -0.1) is 0 Å². The maximum Gasteiger partial charge on any atom is 0.261 e. The van der Waals surface area contributed by atoms with Crippen molar-refractivity contribution in [3.63, 3.8) is 0 Å². The predicted octanol–water partition coefficient (Wildman–Crippen LogP) is 3.79. The van der Waals surface area contributed by atoms with Crippen molar-refractivity contribution in [2.45, 2.75) is 18.8 Å². The molecular weight excluding hydrogens is 326 g/mol. The van der Waals surface area contributed by atoms with Gasteiger partial charge in [-0.3, -0.25) is 4.98 Å². The summed E-state index contributed by atoms with van der Waals surface area (Å²) < 4.78 is 32.2. The highest BCUT2D eigenvalue weighted by molar-refractivity contribution is 5.52. The molecule has 0 amide bonds. The molecule has 5 nitrogen and oxygen atoms in total. The lowest BCUT2D eigenvalue weighted by molar-refractivity contribution is 0.402. The predicted molar refractivity (Wildman–Crippen MR) is 88.1 cm³/mol. The first-order valence-electron chi connectivity index (χ1n) is 8.15. The Morgan fingerprint density at radius 3 is 2.76 bits per heavy atom. The molecule has 25 heavy (non-hydrogen) atoms. The second-order valence-corrected chi connectivity index (χ2v) is 6.07. The average Bonchev–Trinajstić information content (AvgIpc) is 3.13. The van der Waals surface area contributed by atoms with Crippen molar-refractivity contribution in [2.75, 3.05) is 18.0 Å². The number of anilines is 1. The van der Waals surface area contributed by atoms with Gasteiger partial charge in [-0.2, -0.15) is 4.98 Å². The lowest BCUT2D eigenvalue weighted by Crippen LogP contribution is -2.34. The normalized spacial score (nSPS) is 17.7. The lowest BCUT2D eigenvalue weighted by Gasteiger charge is -2.33. The molecule has 1 unspecified atom stereocenters. The summed E-state index contributed by atoms with van der Waals surface area (Å²) in [6, 6.07) is 7.96. The van der Waals surface area contributed by atoms with Crippen LogP contribution >= 0.6 is 0 Å². The van der Waals surface area contributed by atoms with E-state index in [1.165, 1.54) is 24.4 Å². The van der Waals surface area contributed by atoms with Gasteiger partial charge < -0.3 is 9.42 Å². The first-order valence-corrected chi connectivity index (χ1v) is 8.15. The van der Waals surface area contributed by atoms with Gasteiger partial charge in [-0.1, -0.05) is 5.16 Å². The SMILES string of the molecule is Fc1ccc(N2CCCC(c3noc(-c4ccncc4F)n3)C2)cc1. The Kier molecular flexibility index (Phi) is 4.13. The van der Waals surface area contributed by atoms with Crippen molar-refractivity contribution in [1.82, 2.24) is 15.1 Å². The van der Waals surface area contributed by atoms with Gasteiger partial charge in [0.25, 0.3) is 5.89 Å². The van der Waals surface area contributed by atoms with Crippen molar-refractivity contribution in [1.29, 1.82) is 0 Å². The average molecular weight is 342 g/mol. The van der Waals surface area contributed by atoms with E-state index in [9.17, 15) is 8.78 Å². The van der Waals surface area contributed by atoms with E-state index in [-0.39, 0.29) is 23.2 Å². The fourth-order valence-electron chi connectivity index (χ4n) is 3.13. The standard InChI is InChI=1S/C18H16F2N4O/c19-13-3-5-14(6-4-13)24-9-1-2-12(11-24)17-22-18(25-23-17)15-7-8-21-10-16(15)20/h3-8,10,12H,1-2,9,11H2. The van der Waals surface area contributed by atoms with Crippen LogP contribution in [0.2, 0.25) is 0 Å². The minimum atomic E-state index is -0.491. The molecule has 0 saturated carbocycles. The number of halogens is 2. The summed E-state index contributed by atoms with van der Waals surface area (Å²) >= 11 is 0. The highest BCUT2D eigenvalue weighted by Gasteiger charge is 2.26. The zero-order chi connectivity index (χ0) is 17.2. The molecule has 0 spiro atoms. The molecule has 4 rings (SSSR count). The molecule has 128 valence electrons. The number of piperidine rings is 1. The van der Waals surface area contributed by atoms with Crippen molar-refractivity contribution < 1.29 is 13.3 Å². The van der Waals surface area contributed by atoms with Crippen molar-refractivity contribution in [2.24, 2.45) is 0 Å². The van der Waals surface area contributed by atoms with Gasteiger partial charge in [0.2, 0.25) is 0 Å². The van der Waals surface area contributed by atoms with Gasteiger partial charge in [0.1, 0.15) is 5.82 Å². The van der Waals surface area contributed by atoms with Gasteiger partial charge in [-0.25, -0.2) is 8.78 Å². The van der Waals surface area contributed by atoms with E-state index < -0.39 is 5.82 Å². The lowest BCUT2D eigenvalue weighted by atomic mass is 9.97. The quantitative estimate of drug-likeness (QED) is 0.725. The topological polar surface area (TPSA) is 55.1 Å². The minimum Gasteiger partial charge on any atom is -0.371 e. The van der Waals surface area contributed by atoms with Gasteiger partial charge in [0.15, 0.2) is 11.6 Å². The van der Waals surface area contributed by atoms with Crippen LogP contribution in [0.3, 0.4) is 0 Å². The van der Waals surface area contributed by atoms with Crippen LogP contribution < -0.4 is 4.90 Å². The Hall–Kier alpha value is -2.83. The van der Waals surface area contributed by atoms with Crippen LogP contribution in [0, 0.1) is 11.6 Å². The highest BCUT2D eigenvalue weighted by Crippen LogP contribution is 2.30. The van der Waals surface area contributed by atoms with Crippen molar-refractivity contribution >= 4 is 5.69 Å². The maximum absolute atomic E-state index is 13.8. The van der Waals surface area contributed by atoms with Crippen LogP contribution in [0.5, 0.6) is 0 Å². The Morgan fingerprint density at radius 2 is 1.96 bits per heavy atom. The zero-order valence-corrected chi connectivity index (χ0v) is 13.4. The van der Waals surface area contributed by atoms with Gasteiger partial charge in [0.05, 0.1) is 11.8 Å².